The van der Waals surface area contributed by atoms with Gasteiger partial charge in [-0.05, 0) is 19.3 Å². The van der Waals surface area contributed by atoms with E-state index in [-0.39, 0.29) is 42.8 Å². The largest absolute Gasteiger partial charge is 0.350 e. The van der Waals surface area contributed by atoms with Gasteiger partial charge in [0.1, 0.15) is 0 Å². The van der Waals surface area contributed by atoms with Crippen LogP contribution in [0, 0.1) is 0 Å². The van der Waals surface area contributed by atoms with E-state index in [0.717, 1.165) is 32.1 Å². The fraction of sp³-hybridized carbons (Fsp3) is 0.846. The van der Waals surface area contributed by atoms with Crippen molar-refractivity contribution < 1.29 is 9.59 Å². The third kappa shape index (κ3) is 3.60. The molecule has 3 N–H and O–H groups in total. The third-order valence-corrected chi connectivity index (χ3v) is 3.99. The summed E-state index contributed by atoms with van der Waals surface area (Å²) in [6.07, 6.45) is 5.79. The molecule has 2 fully saturated rings. The van der Waals surface area contributed by atoms with E-state index in [2.05, 4.69) is 5.32 Å². The van der Waals surface area contributed by atoms with Crippen molar-refractivity contribution in [3.8, 4) is 0 Å². The van der Waals surface area contributed by atoms with Gasteiger partial charge in [0, 0.05) is 6.04 Å². The Bertz CT molecular complexity index is 338. The van der Waals surface area contributed by atoms with Crippen molar-refractivity contribution in [2.75, 3.05) is 6.54 Å². The van der Waals surface area contributed by atoms with E-state index in [0.29, 0.717) is 6.42 Å². The van der Waals surface area contributed by atoms with Crippen LogP contribution in [0.15, 0.2) is 0 Å². The maximum atomic E-state index is 12.3. The molecule has 3 atom stereocenters. The molecule has 5 nitrogen and oxygen atoms in total. The number of hydrogen-bond donors (Lipinski definition) is 2. The number of nitrogens with one attached hydrogen (secondary N) is 1. The highest BCUT2D eigenvalue weighted by molar-refractivity contribution is 5.89. The fourth-order valence-corrected chi connectivity index (χ4v) is 3.07. The van der Waals surface area contributed by atoms with Crippen LogP contribution in [0.4, 0.5) is 0 Å². The van der Waals surface area contributed by atoms with Crippen molar-refractivity contribution in [1.82, 2.24) is 10.2 Å². The summed E-state index contributed by atoms with van der Waals surface area (Å²) in [6.45, 7) is 2.19. The Morgan fingerprint density at radius 3 is 2.84 bits per heavy atom. The van der Waals surface area contributed by atoms with Crippen LogP contribution in [0.5, 0.6) is 0 Å². The lowest BCUT2D eigenvalue weighted by molar-refractivity contribution is -0.145. The number of rotatable bonds is 3. The quantitative estimate of drug-likeness (QED) is 0.807. The van der Waals surface area contributed by atoms with Crippen molar-refractivity contribution in [3.63, 3.8) is 0 Å². The minimum Gasteiger partial charge on any atom is -0.350 e. The van der Waals surface area contributed by atoms with Gasteiger partial charge in [-0.15, -0.1) is 12.4 Å². The summed E-state index contributed by atoms with van der Waals surface area (Å²) in [5, 5.41) is 3.00. The Morgan fingerprint density at radius 1 is 1.47 bits per heavy atom. The predicted molar refractivity (Wildman–Crippen MR) is 76.0 cm³/mol. The fourth-order valence-electron chi connectivity index (χ4n) is 3.07. The number of hydrogen-bond acceptors (Lipinski definition) is 3. The zero-order chi connectivity index (χ0) is 13.1. The van der Waals surface area contributed by atoms with Gasteiger partial charge in [-0.1, -0.05) is 26.2 Å². The molecule has 1 aliphatic heterocycles. The first-order chi connectivity index (χ1) is 8.63. The zero-order valence-electron chi connectivity index (χ0n) is 11.4. The Labute approximate surface area is 120 Å². The van der Waals surface area contributed by atoms with Crippen molar-refractivity contribution in [2.24, 2.45) is 5.73 Å². The summed E-state index contributed by atoms with van der Waals surface area (Å²) < 4.78 is 0. The summed E-state index contributed by atoms with van der Waals surface area (Å²) >= 11 is 0. The molecule has 0 spiro atoms. The second kappa shape index (κ2) is 7.10. The van der Waals surface area contributed by atoms with Gasteiger partial charge in [-0.3, -0.25) is 9.59 Å². The van der Waals surface area contributed by atoms with Gasteiger partial charge in [0.15, 0.2) is 0 Å². The van der Waals surface area contributed by atoms with E-state index in [9.17, 15) is 9.59 Å². The zero-order valence-corrected chi connectivity index (χ0v) is 12.2. The number of piperazine rings is 1. The SMILES string of the molecule is CCCC(N)C(=O)N1CC(=O)NC2CCCCC21.Cl. The second-order valence-corrected chi connectivity index (χ2v) is 5.39. The first kappa shape index (κ1) is 16.2. The molecule has 0 aromatic heterocycles. The second-order valence-electron chi connectivity index (χ2n) is 5.39. The van der Waals surface area contributed by atoms with Crippen LogP contribution in [0.25, 0.3) is 0 Å². The summed E-state index contributed by atoms with van der Waals surface area (Å²) in [4.78, 5) is 25.7. The molecule has 6 heteroatoms. The normalized spacial score (nSPS) is 27.9. The van der Waals surface area contributed by atoms with Crippen LogP contribution in [-0.2, 0) is 9.59 Å². The molecule has 0 bridgehead atoms. The number of fused-ring (bicyclic) bond motifs is 1. The first-order valence-electron chi connectivity index (χ1n) is 6.99. The van der Waals surface area contributed by atoms with Crippen LogP contribution >= 0.6 is 12.4 Å². The molecule has 0 aromatic rings. The Kier molecular flexibility index (Phi) is 6.07. The summed E-state index contributed by atoms with van der Waals surface area (Å²) in [6, 6.07) is -0.159. The first-order valence-corrected chi connectivity index (χ1v) is 6.99. The van der Waals surface area contributed by atoms with Crippen LogP contribution in [0.3, 0.4) is 0 Å². The molecule has 0 radical (unpaired) electrons. The molecule has 110 valence electrons. The lowest BCUT2D eigenvalue weighted by atomic mass is 9.87. The van der Waals surface area contributed by atoms with Crippen LogP contribution in [0.2, 0.25) is 0 Å². The maximum absolute atomic E-state index is 12.3. The molecule has 1 saturated heterocycles. The molecule has 1 heterocycles. The Hall–Kier alpha value is -0.810. The van der Waals surface area contributed by atoms with E-state index in [1.807, 2.05) is 6.92 Å². The average Bonchev–Trinajstić information content (AvgIpc) is 2.37. The van der Waals surface area contributed by atoms with Gasteiger partial charge < -0.3 is 16.0 Å². The molecule has 19 heavy (non-hydrogen) atoms. The average molecular weight is 290 g/mol. The lowest BCUT2D eigenvalue weighted by Crippen LogP contribution is -2.64. The number of nitrogens with zero attached hydrogens (tertiary/aromatic N) is 1. The lowest BCUT2D eigenvalue weighted by Gasteiger charge is -2.44. The number of nitrogens with two attached hydrogens (primary N) is 1. The molecule has 3 unspecified atom stereocenters. The van der Waals surface area contributed by atoms with Crippen molar-refractivity contribution >= 4 is 24.2 Å². The van der Waals surface area contributed by atoms with Gasteiger partial charge >= 0.3 is 0 Å². The minimum atomic E-state index is -0.455. The smallest absolute Gasteiger partial charge is 0.240 e. The van der Waals surface area contributed by atoms with Gasteiger partial charge in [-0.25, -0.2) is 0 Å². The summed E-state index contributed by atoms with van der Waals surface area (Å²) in [7, 11) is 0. The van der Waals surface area contributed by atoms with Crippen LogP contribution in [-0.4, -0.2) is 41.4 Å². The molecular formula is C13H24ClN3O2. The van der Waals surface area contributed by atoms with Gasteiger partial charge in [-0.2, -0.15) is 0 Å². The summed E-state index contributed by atoms with van der Waals surface area (Å²) in [5.74, 6) is -0.0983. The monoisotopic (exact) mass is 289 g/mol. The topological polar surface area (TPSA) is 75.4 Å². The highest BCUT2D eigenvalue weighted by Crippen LogP contribution is 2.26. The Morgan fingerprint density at radius 2 is 2.16 bits per heavy atom. The van der Waals surface area contributed by atoms with E-state index < -0.39 is 6.04 Å². The number of halogens is 1. The van der Waals surface area contributed by atoms with Crippen molar-refractivity contribution in [3.05, 3.63) is 0 Å². The van der Waals surface area contributed by atoms with E-state index in [1.165, 1.54) is 0 Å². The third-order valence-electron chi connectivity index (χ3n) is 3.99. The van der Waals surface area contributed by atoms with Crippen molar-refractivity contribution in [2.45, 2.75) is 63.6 Å². The maximum Gasteiger partial charge on any atom is 0.240 e. The molecule has 2 amide bonds. The minimum absolute atomic E-state index is 0. The standard InChI is InChI=1S/C13H23N3O2.ClH/c1-2-5-9(14)13(18)16-8-12(17)15-10-6-3-4-7-11(10)16;/h9-11H,2-8,14H2,1H3,(H,15,17);1H. The predicted octanol–water partition coefficient (Wildman–Crippen LogP) is 0.805. The van der Waals surface area contributed by atoms with Crippen LogP contribution in [0.1, 0.15) is 45.4 Å². The number of carbonyl (C=O) groups excluding carboxylic acids is 2. The van der Waals surface area contributed by atoms with Crippen molar-refractivity contribution in [1.29, 1.82) is 0 Å². The molecule has 0 aromatic carbocycles. The van der Waals surface area contributed by atoms with E-state index >= 15 is 0 Å². The number of amides is 2. The molecule has 1 aliphatic carbocycles. The summed E-state index contributed by atoms with van der Waals surface area (Å²) in [5.41, 5.74) is 5.90. The molecule has 2 rings (SSSR count). The number of carbonyl (C=O) groups is 2. The van der Waals surface area contributed by atoms with E-state index in [4.69, 9.17) is 5.73 Å². The molecule has 2 aliphatic rings. The van der Waals surface area contributed by atoms with Gasteiger partial charge in [0.25, 0.3) is 0 Å². The van der Waals surface area contributed by atoms with Crippen LogP contribution < -0.4 is 11.1 Å². The Balaban J connectivity index is 0.00000180. The highest BCUT2D eigenvalue weighted by Gasteiger charge is 2.39. The highest BCUT2D eigenvalue weighted by atomic mass is 35.5. The van der Waals surface area contributed by atoms with E-state index in [1.54, 1.807) is 4.90 Å². The van der Waals surface area contributed by atoms with Gasteiger partial charge in [0.2, 0.25) is 11.8 Å². The molecule has 1 saturated carbocycles. The van der Waals surface area contributed by atoms with Gasteiger partial charge in [0.05, 0.1) is 18.6 Å². The molecular weight excluding hydrogens is 266 g/mol.